The summed E-state index contributed by atoms with van der Waals surface area (Å²) >= 11 is 5.24. The van der Waals surface area contributed by atoms with Crippen molar-refractivity contribution in [3.05, 3.63) is 51.5 Å². The number of hydrogen-bond donors (Lipinski definition) is 1. The van der Waals surface area contributed by atoms with Gasteiger partial charge in [0, 0.05) is 32.3 Å². The molecule has 2 heterocycles. The number of allylic oxidation sites excluding steroid dienone is 1. The van der Waals surface area contributed by atoms with E-state index in [1.807, 2.05) is 4.90 Å². The lowest BCUT2D eigenvalue weighted by molar-refractivity contribution is 0.0351. The van der Waals surface area contributed by atoms with E-state index in [1.165, 1.54) is 4.57 Å². The summed E-state index contributed by atoms with van der Waals surface area (Å²) in [6, 6.07) is 5.08. The summed E-state index contributed by atoms with van der Waals surface area (Å²) < 4.78 is 7.11. The molecule has 0 atom stereocenters. The number of nitrogens with one attached hydrogen (secondary N) is 1. The van der Waals surface area contributed by atoms with Gasteiger partial charge in [0.15, 0.2) is 4.77 Å². The lowest BCUT2D eigenvalue weighted by Crippen LogP contribution is -2.40. The van der Waals surface area contributed by atoms with Crippen LogP contribution in [0.1, 0.15) is 23.2 Å². The van der Waals surface area contributed by atoms with Crippen LogP contribution in [0.2, 0.25) is 0 Å². The number of carbonyl (C=O) groups is 1. The molecule has 1 fully saturated rings. The number of aromatic amines is 1. The van der Waals surface area contributed by atoms with Gasteiger partial charge in [-0.05, 0) is 43.3 Å². The van der Waals surface area contributed by atoms with Gasteiger partial charge < -0.3 is 14.6 Å². The minimum Gasteiger partial charge on any atom is -0.381 e. The summed E-state index contributed by atoms with van der Waals surface area (Å²) in [4.78, 5) is 30.1. The predicted molar refractivity (Wildman–Crippen MR) is 99.5 cm³/mol. The van der Waals surface area contributed by atoms with E-state index in [-0.39, 0.29) is 17.6 Å². The lowest BCUT2D eigenvalue weighted by Gasteiger charge is -2.31. The number of amides is 1. The topological polar surface area (TPSA) is 67.3 Å². The molecule has 0 unspecified atom stereocenters. The zero-order chi connectivity index (χ0) is 18.0. The number of aromatic nitrogens is 2. The van der Waals surface area contributed by atoms with Crippen LogP contribution in [0.5, 0.6) is 0 Å². The van der Waals surface area contributed by atoms with E-state index in [2.05, 4.69) is 11.6 Å². The SMILES string of the molecule is C=CCn1c(=S)[nH]c2cc(C(=O)N3CCC(OC)CC3)ccc2c1=O. The van der Waals surface area contributed by atoms with E-state index in [1.54, 1.807) is 31.4 Å². The van der Waals surface area contributed by atoms with Crippen molar-refractivity contribution in [2.45, 2.75) is 25.5 Å². The first-order chi connectivity index (χ1) is 12.0. The molecule has 1 N–H and O–H groups in total. The van der Waals surface area contributed by atoms with Gasteiger partial charge in [-0.25, -0.2) is 0 Å². The van der Waals surface area contributed by atoms with Gasteiger partial charge in [-0.1, -0.05) is 6.08 Å². The zero-order valence-electron chi connectivity index (χ0n) is 14.2. The minimum atomic E-state index is -0.182. The van der Waals surface area contributed by atoms with E-state index in [0.29, 0.717) is 40.9 Å². The molecule has 0 aliphatic carbocycles. The average Bonchev–Trinajstić information content (AvgIpc) is 2.64. The highest BCUT2D eigenvalue weighted by Crippen LogP contribution is 2.18. The maximum absolute atomic E-state index is 12.7. The molecule has 1 aliphatic rings. The van der Waals surface area contributed by atoms with Crippen LogP contribution in [-0.4, -0.2) is 46.7 Å². The largest absolute Gasteiger partial charge is 0.381 e. The van der Waals surface area contributed by atoms with E-state index in [4.69, 9.17) is 17.0 Å². The number of piperidine rings is 1. The van der Waals surface area contributed by atoms with Crippen LogP contribution in [0.15, 0.2) is 35.6 Å². The number of likely N-dealkylation sites (tertiary alicyclic amines) is 1. The monoisotopic (exact) mass is 359 g/mol. The van der Waals surface area contributed by atoms with E-state index in [0.717, 1.165) is 12.8 Å². The molecule has 7 heteroatoms. The fourth-order valence-electron chi connectivity index (χ4n) is 3.16. The highest BCUT2D eigenvalue weighted by molar-refractivity contribution is 7.71. The number of hydrogen-bond acceptors (Lipinski definition) is 4. The first kappa shape index (κ1) is 17.6. The van der Waals surface area contributed by atoms with Crippen LogP contribution < -0.4 is 5.56 Å². The van der Waals surface area contributed by atoms with Gasteiger partial charge in [0.2, 0.25) is 0 Å². The third kappa shape index (κ3) is 3.43. The van der Waals surface area contributed by atoms with Gasteiger partial charge in [0.1, 0.15) is 0 Å². The molecule has 1 aromatic heterocycles. The summed E-state index contributed by atoms with van der Waals surface area (Å²) in [6.45, 7) is 5.33. The van der Waals surface area contributed by atoms with Crippen molar-refractivity contribution in [3.8, 4) is 0 Å². The van der Waals surface area contributed by atoms with Crippen molar-refractivity contribution in [2.24, 2.45) is 0 Å². The molecular formula is C18H21N3O3S. The van der Waals surface area contributed by atoms with Gasteiger partial charge in [-0.2, -0.15) is 0 Å². The number of nitrogens with zero attached hydrogens (tertiary/aromatic N) is 2. The first-order valence-corrected chi connectivity index (χ1v) is 8.66. The summed E-state index contributed by atoms with van der Waals surface area (Å²) in [6.07, 6.45) is 3.52. The Kier molecular flexibility index (Phi) is 5.15. The highest BCUT2D eigenvalue weighted by Gasteiger charge is 2.23. The Morgan fingerprint density at radius 3 is 2.80 bits per heavy atom. The van der Waals surface area contributed by atoms with Crippen LogP contribution in [0, 0.1) is 4.77 Å². The Hall–Kier alpha value is -2.25. The number of benzene rings is 1. The van der Waals surface area contributed by atoms with Gasteiger partial charge in [0.05, 0.1) is 17.0 Å². The number of methoxy groups -OCH3 is 1. The summed E-state index contributed by atoms with van der Waals surface area (Å²) in [5.41, 5.74) is 0.946. The number of carbonyl (C=O) groups excluding carboxylic acids is 1. The maximum Gasteiger partial charge on any atom is 0.262 e. The van der Waals surface area contributed by atoms with Crippen LogP contribution in [0.3, 0.4) is 0 Å². The molecule has 2 aromatic rings. The van der Waals surface area contributed by atoms with Crippen molar-refractivity contribution >= 4 is 29.0 Å². The smallest absolute Gasteiger partial charge is 0.262 e. The lowest BCUT2D eigenvalue weighted by atomic mass is 10.1. The molecule has 0 bridgehead atoms. The molecule has 6 nitrogen and oxygen atoms in total. The Balaban J connectivity index is 1.92. The minimum absolute atomic E-state index is 0.0361. The molecule has 1 aromatic carbocycles. The number of rotatable bonds is 4. The standard InChI is InChI=1S/C18H21N3O3S/c1-3-8-21-17(23)14-5-4-12(11-15(14)19-18(21)25)16(22)20-9-6-13(24-2)7-10-20/h3-5,11,13H,1,6-10H2,2H3,(H,19,25). The van der Waals surface area contributed by atoms with E-state index < -0.39 is 0 Å². The molecule has 132 valence electrons. The molecule has 1 amide bonds. The second kappa shape index (κ2) is 7.33. The second-order valence-electron chi connectivity index (χ2n) is 6.12. The van der Waals surface area contributed by atoms with Gasteiger partial charge in [0.25, 0.3) is 11.5 Å². The van der Waals surface area contributed by atoms with Crippen molar-refractivity contribution < 1.29 is 9.53 Å². The molecule has 25 heavy (non-hydrogen) atoms. The van der Waals surface area contributed by atoms with Crippen molar-refractivity contribution in [1.82, 2.24) is 14.5 Å². The van der Waals surface area contributed by atoms with Crippen molar-refractivity contribution in [2.75, 3.05) is 20.2 Å². The zero-order valence-corrected chi connectivity index (χ0v) is 15.0. The molecule has 0 radical (unpaired) electrons. The predicted octanol–water partition coefficient (Wildman–Crippen LogP) is 2.50. The molecular weight excluding hydrogens is 338 g/mol. The second-order valence-corrected chi connectivity index (χ2v) is 6.51. The average molecular weight is 359 g/mol. The van der Waals surface area contributed by atoms with Gasteiger partial charge >= 0.3 is 0 Å². The van der Waals surface area contributed by atoms with Gasteiger partial charge in [-0.15, -0.1) is 6.58 Å². The van der Waals surface area contributed by atoms with Crippen molar-refractivity contribution in [3.63, 3.8) is 0 Å². The molecule has 0 saturated carbocycles. The Labute approximate surface area is 150 Å². The molecule has 0 spiro atoms. The Morgan fingerprint density at radius 1 is 1.44 bits per heavy atom. The number of ether oxygens (including phenoxy) is 1. The first-order valence-electron chi connectivity index (χ1n) is 8.25. The fraction of sp³-hybridized carbons (Fsp3) is 0.389. The molecule has 1 aliphatic heterocycles. The summed E-state index contributed by atoms with van der Waals surface area (Å²) in [5.74, 6) is -0.0361. The van der Waals surface area contributed by atoms with Gasteiger partial charge in [-0.3, -0.25) is 14.2 Å². The fourth-order valence-corrected chi connectivity index (χ4v) is 3.43. The van der Waals surface area contributed by atoms with Crippen LogP contribution in [0.25, 0.3) is 10.9 Å². The van der Waals surface area contributed by atoms with Crippen LogP contribution in [0.4, 0.5) is 0 Å². The third-order valence-corrected chi connectivity index (χ3v) is 4.93. The van der Waals surface area contributed by atoms with Crippen LogP contribution >= 0.6 is 12.2 Å². The Bertz CT molecular complexity index is 923. The summed E-state index contributed by atoms with van der Waals surface area (Å²) in [5, 5.41) is 0.505. The van der Waals surface area contributed by atoms with Crippen LogP contribution in [-0.2, 0) is 11.3 Å². The van der Waals surface area contributed by atoms with Crippen molar-refractivity contribution in [1.29, 1.82) is 0 Å². The van der Waals surface area contributed by atoms with E-state index in [9.17, 15) is 9.59 Å². The number of H-pyrrole nitrogens is 1. The normalized spacial score (nSPS) is 15.5. The summed E-state index contributed by atoms with van der Waals surface area (Å²) in [7, 11) is 1.70. The van der Waals surface area contributed by atoms with E-state index >= 15 is 0 Å². The molecule has 3 rings (SSSR count). The quantitative estimate of drug-likeness (QED) is 0.673. The third-order valence-electron chi connectivity index (χ3n) is 4.60. The highest BCUT2D eigenvalue weighted by atomic mass is 32.1. The Morgan fingerprint density at radius 2 is 2.16 bits per heavy atom. The maximum atomic E-state index is 12.7. The molecule has 1 saturated heterocycles. The number of fused-ring (bicyclic) bond motifs is 1.